The summed E-state index contributed by atoms with van der Waals surface area (Å²) >= 11 is 0. The molecule has 0 saturated carbocycles. The normalized spacial score (nSPS) is 12.2. The van der Waals surface area contributed by atoms with Gasteiger partial charge in [0.1, 0.15) is 0 Å². The lowest BCUT2D eigenvalue weighted by atomic mass is 9.92. The monoisotopic (exact) mass is 972 g/mol. The zero-order valence-electron chi connectivity index (χ0n) is 34.4. The van der Waals surface area contributed by atoms with Crippen LogP contribution in [0.1, 0.15) is 11.4 Å². The minimum Gasteiger partial charge on any atom is -0.354 e. The summed E-state index contributed by atoms with van der Waals surface area (Å²) in [6.45, 7) is 0. The SMILES string of the molecule is Fc1c(F)c(F)c(-c2c3nc(c4[nH]c(cc4-c4c5ccccc5cc5ccccc45)c(-c4c(F)c(F)c(F)c(F)c4F)c4ccc([nH]4)c(-c4c(F)c(F)c(F)c(F)c4F)c4ccc2[nH]4)C=C3)c(F)c1F. The molecule has 4 aromatic heterocycles. The third kappa shape index (κ3) is 6.25. The second-order valence-electron chi connectivity index (χ2n) is 15.9. The molecule has 70 heavy (non-hydrogen) atoms. The molecule has 1 aliphatic heterocycles. The van der Waals surface area contributed by atoms with E-state index in [1.807, 2.05) is 6.07 Å². The molecule has 10 aromatic rings. The van der Waals surface area contributed by atoms with Crippen molar-refractivity contribution in [2.45, 2.75) is 0 Å². The Labute approximate surface area is 379 Å². The fraction of sp³-hybridized carbons (Fsp3) is 0. The molecule has 5 heterocycles. The highest BCUT2D eigenvalue weighted by molar-refractivity contribution is 6.17. The van der Waals surface area contributed by atoms with E-state index in [2.05, 4.69) is 19.9 Å². The topological polar surface area (TPSA) is 60.3 Å². The van der Waals surface area contributed by atoms with E-state index in [-0.39, 0.29) is 16.8 Å². The number of benzene rings is 6. The molecule has 0 spiro atoms. The van der Waals surface area contributed by atoms with Gasteiger partial charge in [0.2, 0.25) is 17.5 Å². The van der Waals surface area contributed by atoms with Crippen molar-refractivity contribution in [3.63, 3.8) is 0 Å². The largest absolute Gasteiger partial charge is 0.354 e. The maximum atomic E-state index is 16.3. The molecule has 0 saturated heterocycles. The first-order valence-electron chi connectivity index (χ1n) is 20.3. The predicted molar refractivity (Wildman–Crippen MR) is 231 cm³/mol. The van der Waals surface area contributed by atoms with Crippen LogP contribution in [0.25, 0.3) is 111 Å². The summed E-state index contributed by atoms with van der Waals surface area (Å²) in [4.78, 5) is 12.5. The third-order valence-corrected chi connectivity index (χ3v) is 12.1. The Morgan fingerprint density at radius 3 is 1.06 bits per heavy atom. The molecule has 3 N–H and O–H groups in total. The molecule has 1 aliphatic rings. The number of H-pyrrole nitrogens is 3. The Morgan fingerprint density at radius 1 is 0.286 bits per heavy atom. The van der Waals surface area contributed by atoms with Crippen molar-refractivity contribution in [1.82, 2.24) is 19.9 Å². The minimum atomic E-state index is -2.60. The van der Waals surface area contributed by atoms with Crippen molar-refractivity contribution >= 4 is 66.8 Å². The number of nitrogens with zero attached hydrogens (tertiary/aromatic N) is 1. The second-order valence-corrected chi connectivity index (χ2v) is 15.9. The smallest absolute Gasteiger partial charge is 0.200 e. The highest BCUT2D eigenvalue weighted by Gasteiger charge is 2.33. The van der Waals surface area contributed by atoms with Crippen LogP contribution in [0.15, 0.2) is 84.9 Å². The maximum absolute atomic E-state index is 16.3. The number of aromatic amines is 3. The maximum Gasteiger partial charge on any atom is 0.200 e. The van der Waals surface area contributed by atoms with Crippen LogP contribution < -0.4 is 0 Å². The zero-order chi connectivity index (χ0) is 49.3. The Bertz CT molecular complexity index is 4010. The van der Waals surface area contributed by atoms with E-state index in [4.69, 9.17) is 0 Å². The van der Waals surface area contributed by atoms with E-state index in [0.717, 1.165) is 30.3 Å². The molecule has 8 bridgehead atoms. The van der Waals surface area contributed by atoms with Crippen molar-refractivity contribution < 1.29 is 65.9 Å². The molecule has 348 valence electrons. The summed E-state index contributed by atoms with van der Waals surface area (Å²) in [7, 11) is 0. The molecule has 0 atom stereocenters. The number of hydrogen-bond donors (Lipinski definition) is 3. The molecule has 6 aromatic carbocycles. The molecule has 19 heteroatoms. The number of aromatic nitrogens is 4. The van der Waals surface area contributed by atoms with Gasteiger partial charge in [-0.15, -0.1) is 0 Å². The minimum absolute atomic E-state index is 0.0847. The van der Waals surface area contributed by atoms with Crippen molar-refractivity contribution in [3.8, 4) is 44.5 Å². The summed E-state index contributed by atoms with van der Waals surface area (Å²) in [5, 5.41) is 2.29. The molecular formula is C51H19F15N4. The zero-order valence-corrected chi connectivity index (χ0v) is 34.4. The van der Waals surface area contributed by atoms with Crippen molar-refractivity contribution in [2.75, 3.05) is 0 Å². The number of hydrogen-bond acceptors (Lipinski definition) is 1. The highest BCUT2D eigenvalue weighted by atomic mass is 19.2. The average Bonchev–Trinajstić information content (AvgIpc) is 4.22. The van der Waals surface area contributed by atoms with Gasteiger partial charge < -0.3 is 15.0 Å². The molecular weight excluding hydrogens is 954 g/mol. The van der Waals surface area contributed by atoms with Gasteiger partial charge in [-0.25, -0.2) is 70.8 Å². The summed E-state index contributed by atoms with van der Waals surface area (Å²) in [6, 6.07) is 20.3. The van der Waals surface area contributed by atoms with Crippen LogP contribution >= 0.6 is 0 Å². The summed E-state index contributed by atoms with van der Waals surface area (Å²) in [5.74, 6) is -36.7. The molecule has 11 rings (SSSR count). The van der Waals surface area contributed by atoms with Gasteiger partial charge in [0, 0.05) is 49.8 Å². The second kappa shape index (κ2) is 15.8. The van der Waals surface area contributed by atoms with Crippen molar-refractivity contribution in [3.05, 3.63) is 184 Å². The number of halogens is 15. The van der Waals surface area contributed by atoms with Crippen LogP contribution in [0.3, 0.4) is 0 Å². The van der Waals surface area contributed by atoms with Crippen LogP contribution in [-0.4, -0.2) is 19.9 Å². The molecule has 0 aliphatic carbocycles. The molecule has 0 amide bonds. The molecule has 0 radical (unpaired) electrons. The van der Waals surface area contributed by atoms with Crippen LogP contribution in [0, 0.1) is 87.3 Å². The number of rotatable bonds is 4. The van der Waals surface area contributed by atoms with Gasteiger partial charge in [0.05, 0.1) is 33.6 Å². The molecule has 0 fully saturated rings. The highest BCUT2D eigenvalue weighted by Crippen LogP contribution is 2.46. The van der Waals surface area contributed by atoms with E-state index in [9.17, 15) is 13.2 Å². The van der Waals surface area contributed by atoms with Crippen LogP contribution in [0.2, 0.25) is 0 Å². The van der Waals surface area contributed by atoms with E-state index in [0.29, 0.717) is 27.1 Å². The number of fused-ring (bicyclic) bond motifs is 11. The molecule has 0 unspecified atom stereocenters. The van der Waals surface area contributed by atoms with Gasteiger partial charge in [-0.2, -0.15) is 0 Å². The Balaban J connectivity index is 1.44. The lowest BCUT2D eigenvalue weighted by molar-refractivity contribution is 0.381. The van der Waals surface area contributed by atoms with Crippen molar-refractivity contribution in [1.29, 1.82) is 0 Å². The van der Waals surface area contributed by atoms with Gasteiger partial charge in [0.15, 0.2) is 69.8 Å². The van der Waals surface area contributed by atoms with Gasteiger partial charge >= 0.3 is 0 Å². The van der Waals surface area contributed by atoms with Crippen molar-refractivity contribution in [2.24, 2.45) is 0 Å². The summed E-state index contributed by atoms with van der Waals surface area (Å²) in [6.07, 6.45) is 2.25. The first-order chi connectivity index (χ1) is 33.5. The third-order valence-electron chi connectivity index (χ3n) is 12.1. The standard InChI is InChI=1S/C51H19F15N4/c52-36-33(37(53)43(59)48(64)42(36)58)30-22-9-10-24(67-22)31(34-38(54)44(60)49(65)45(61)39(34)55)25-13-14-27(69-25)51-21(29-19-7-3-1-5-17(19)15-18-6-2-4-8-20(18)29)16-28(70-51)32(26-12-11-23(30)68-26)35-40(56)46(62)50(66)47(63)41(35)57/h1-16,67-68,70H. The number of nitrogens with one attached hydrogen (secondary N) is 3. The van der Waals surface area contributed by atoms with Crippen LogP contribution in [0.5, 0.6) is 0 Å². The van der Waals surface area contributed by atoms with Crippen LogP contribution in [-0.2, 0) is 0 Å². The molecule has 4 nitrogen and oxygen atoms in total. The van der Waals surface area contributed by atoms with Gasteiger partial charge in [-0.1, -0.05) is 48.5 Å². The van der Waals surface area contributed by atoms with Crippen LogP contribution in [0.4, 0.5) is 65.9 Å². The quantitative estimate of drug-likeness (QED) is 0.0700. The first-order valence-corrected chi connectivity index (χ1v) is 20.3. The first kappa shape index (κ1) is 44.1. The fourth-order valence-corrected chi connectivity index (χ4v) is 9.01. The fourth-order valence-electron chi connectivity index (χ4n) is 9.01. The van der Waals surface area contributed by atoms with E-state index < -0.39 is 154 Å². The lowest BCUT2D eigenvalue weighted by Gasteiger charge is -2.11. The summed E-state index contributed by atoms with van der Waals surface area (Å²) in [5.41, 5.74) is -11.2. The summed E-state index contributed by atoms with van der Waals surface area (Å²) < 4.78 is 231. The Morgan fingerprint density at radius 2 is 0.629 bits per heavy atom. The van der Waals surface area contributed by atoms with Gasteiger partial charge in [-0.05, 0) is 75.7 Å². The van der Waals surface area contributed by atoms with Gasteiger partial charge in [-0.3, -0.25) is 0 Å². The predicted octanol–water partition coefficient (Wildman–Crippen LogP) is 15.8. The Hall–Kier alpha value is -8.48. The van der Waals surface area contributed by atoms with E-state index >= 15 is 52.7 Å². The average molecular weight is 973 g/mol. The van der Waals surface area contributed by atoms with E-state index in [1.54, 1.807) is 48.5 Å². The Kier molecular flexibility index (Phi) is 9.94. The lowest BCUT2D eigenvalue weighted by Crippen LogP contribution is -2.05. The van der Waals surface area contributed by atoms with Gasteiger partial charge in [0.25, 0.3) is 0 Å². The van der Waals surface area contributed by atoms with E-state index in [1.165, 1.54) is 12.1 Å².